The summed E-state index contributed by atoms with van der Waals surface area (Å²) >= 11 is 0. The molecule has 3 aromatic heterocycles. The van der Waals surface area contributed by atoms with E-state index >= 15 is 0 Å². The van der Waals surface area contributed by atoms with Gasteiger partial charge in [0.1, 0.15) is 17.5 Å². The fourth-order valence-electron chi connectivity index (χ4n) is 3.74. The van der Waals surface area contributed by atoms with Crippen LogP contribution in [0, 0.1) is 6.92 Å². The van der Waals surface area contributed by atoms with Crippen LogP contribution >= 0.6 is 0 Å². The highest BCUT2D eigenvalue weighted by Crippen LogP contribution is 2.28. The molecule has 0 bridgehead atoms. The van der Waals surface area contributed by atoms with Crippen LogP contribution in [0.3, 0.4) is 0 Å². The van der Waals surface area contributed by atoms with Crippen molar-refractivity contribution in [3.8, 4) is 0 Å². The zero-order valence-corrected chi connectivity index (χ0v) is 16.1. The van der Waals surface area contributed by atoms with Crippen LogP contribution in [-0.4, -0.2) is 31.8 Å². The van der Waals surface area contributed by atoms with Crippen molar-refractivity contribution in [2.24, 2.45) is 0 Å². The molecule has 1 aliphatic carbocycles. The van der Waals surface area contributed by atoms with Crippen LogP contribution in [0.1, 0.15) is 31.7 Å². The van der Waals surface area contributed by atoms with Crippen molar-refractivity contribution in [1.29, 1.82) is 0 Å². The van der Waals surface area contributed by atoms with Gasteiger partial charge >= 0.3 is 0 Å². The van der Waals surface area contributed by atoms with E-state index in [1.165, 1.54) is 0 Å². The summed E-state index contributed by atoms with van der Waals surface area (Å²) in [5.41, 5.74) is 1.04. The van der Waals surface area contributed by atoms with E-state index in [-0.39, 0.29) is 17.7 Å². The van der Waals surface area contributed by atoms with Crippen LogP contribution in [0.2, 0.25) is 0 Å². The Morgan fingerprint density at radius 1 is 1.25 bits per heavy atom. The van der Waals surface area contributed by atoms with Gasteiger partial charge < -0.3 is 20.3 Å². The third-order valence-electron chi connectivity index (χ3n) is 5.22. The lowest BCUT2D eigenvalue weighted by Gasteiger charge is -2.17. The van der Waals surface area contributed by atoms with Gasteiger partial charge in [-0.15, -0.1) is 0 Å². The molecule has 0 radical (unpaired) electrons. The Kier molecular flexibility index (Phi) is 5.00. The van der Waals surface area contributed by atoms with Gasteiger partial charge in [0.2, 0.25) is 0 Å². The Balaban J connectivity index is 1.78. The largest absolute Gasteiger partial charge is 0.393 e. The highest BCUT2D eigenvalue weighted by molar-refractivity contribution is 5.93. The van der Waals surface area contributed by atoms with E-state index in [9.17, 15) is 9.90 Å². The molecule has 0 aliphatic heterocycles. The topological polar surface area (TPSA) is 92.1 Å². The Bertz CT molecular complexity index is 1060. The van der Waals surface area contributed by atoms with Gasteiger partial charge in [0.05, 0.1) is 11.5 Å². The Labute approximate surface area is 163 Å². The zero-order valence-electron chi connectivity index (χ0n) is 16.1. The highest BCUT2D eigenvalue weighted by atomic mass is 16.3. The van der Waals surface area contributed by atoms with Gasteiger partial charge in [-0.3, -0.25) is 4.79 Å². The Morgan fingerprint density at radius 2 is 2.11 bits per heavy atom. The number of hydrogen-bond acceptors (Lipinski definition) is 6. The highest BCUT2D eigenvalue weighted by Gasteiger charge is 2.24. The second kappa shape index (κ2) is 7.59. The van der Waals surface area contributed by atoms with Crippen LogP contribution in [0.5, 0.6) is 0 Å². The summed E-state index contributed by atoms with van der Waals surface area (Å²) in [6.45, 7) is 4.55. The lowest BCUT2D eigenvalue weighted by Crippen LogP contribution is -2.23. The average molecular weight is 379 g/mol. The normalized spacial score (nSPS) is 19.1. The molecule has 146 valence electrons. The summed E-state index contributed by atoms with van der Waals surface area (Å²) in [7, 11) is 0. The van der Waals surface area contributed by atoms with E-state index in [2.05, 4.69) is 15.6 Å². The molecule has 1 aliphatic rings. The number of nitrogens with one attached hydrogen (secondary N) is 2. The van der Waals surface area contributed by atoms with E-state index in [0.29, 0.717) is 35.8 Å². The summed E-state index contributed by atoms with van der Waals surface area (Å²) in [6, 6.07) is 7.79. The smallest absolute Gasteiger partial charge is 0.262 e. The first-order valence-corrected chi connectivity index (χ1v) is 9.72. The van der Waals surface area contributed by atoms with Crippen LogP contribution in [0.15, 0.2) is 41.5 Å². The minimum absolute atomic E-state index is 0.0613. The number of pyridine rings is 3. The monoisotopic (exact) mass is 379 g/mol. The first kappa shape index (κ1) is 18.4. The average Bonchev–Trinajstić information content (AvgIpc) is 3.06. The molecule has 1 fully saturated rings. The molecule has 2 atom stereocenters. The minimum atomic E-state index is -0.297. The third kappa shape index (κ3) is 3.71. The van der Waals surface area contributed by atoms with Gasteiger partial charge in [-0.25, -0.2) is 9.97 Å². The molecular weight excluding hydrogens is 354 g/mol. The lowest BCUT2D eigenvalue weighted by molar-refractivity contribution is 0.182. The molecule has 0 aromatic carbocycles. The van der Waals surface area contributed by atoms with Gasteiger partial charge in [-0.1, -0.05) is 0 Å². The van der Waals surface area contributed by atoms with Crippen LogP contribution in [0.4, 0.5) is 17.5 Å². The van der Waals surface area contributed by atoms with Gasteiger partial charge in [0, 0.05) is 25.0 Å². The quantitative estimate of drug-likeness (QED) is 0.631. The molecule has 3 aromatic rings. The maximum Gasteiger partial charge on any atom is 0.262 e. The van der Waals surface area contributed by atoms with Crippen molar-refractivity contribution in [3.63, 3.8) is 0 Å². The van der Waals surface area contributed by atoms with Crippen LogP contribution in [-0.2, 0) is 6.54 Å². The van der Waals surface area contributed by atoms with Gasteiger partial charge in [0.25, 0.3) is 5.56 Å². The first-order valence-electron chi connectivity index (χ1n) is 9.72. The number of aryl methyl sites for hydroxylation is 2. The number of anilines is 3. The first-order chi connectivity index (χ1) is 13.5. The molecule has 3 N–H and O–H groups in total. The number of nitrogens with zero attached hydrogens (tertiary/aromatic N) is 3. The number of hydrogen-bond donors (Lipinski definition) is 3. The van der Waals surface area contributed by atoms with Crippen molar-refractivity contribution in [2.75, 3.05) is 10.6 Å². The molecule has 0 amide bonds. The Hall–Kier alpha value is -2.93. The van der Waals surface area contributed by atoms with Gasteiger partial charge in [-0.05, 0) is 68.3 Å². The molecule has 7 nitrogen and oxygen atoms in total. The molecule has 28 heavy (non-hydrogen) atoms. The number of rotatable bonds is 5. The summed E-state index contributed by atoms with van der Waals surface area (Å²) < 4.78 is 1.67. The number of aromatic nitrogens is 3. The fourth-order valence-corrected chi connectivity index (χ4v) is 3.74. The summed E-state index contributed by atoms with van der Waals surface area (Å²) in [5, 5.41) is 17.9. The maximum atomic E-state index is 12.9. The number of fused-ring (bicyclic) bond motifs is 1. The van der Waals surface area contributed by atoms with E-state index in [1.54, 1.807) is 10.8 Å². The predicted molar refractivity (Wildman–Crippen MR) is 111 cm³/mol. The zero-order chi connectivity index (χ0) is 19.7. The van der Waals surface area contributed by atoms with Crippen molar-refractivity contribution >= 4 is 28.2 Å². The second-order valence-electron chi connectivity index (χ2n) is 7.38. The van der Waals surface area contributed by atoms with Crippen molar-refractivity contribution < 1.29 is 5.11 Å². The minimum Gasteiger partial charge on any atom is -0.393 e. The van der Waals surface area contributed by atoms with Gasteiger partial charge in [0.15, 0.2) is 0 Å². The van der Waals surface area contributed by atoms with Crippen molar-refractivity contribution in [2.45, 2.75) is 51.8 Å². The van der Waals surface area contributed by atoms with E-state index in [4.69, 9.17) is 4.98 Å². The second-order valence-corrected chi connectivity index (χ2v) is 7.38. The van der Waals surface area contributed by atoms with Crippen molar-refractivity contribution in [1.82, 2.24) is 14.5 Å². The van der Waals surface area contributed by atoms with E-state index < -0.39 is 0 Å². The molecule has 4 rings (SSSR count). The predicted octanol–water partition coefficient (Wildman–Crippen LogP) is 3.19. The van der Waals surface area contributed by atoms with E-state index in [1.807, 2.05) is 44.3 Å². The standard InChI is InChI=1S/C21H25N5O2/c1-3-26-9-7-14-11-18(24-17-10-13(2)6-8-22-17)25-20(19(14)21(26)28)23-15-4-5-16(27)12-15/h6-11,15-16,27H,3-5,12H2,1-2H3,(H2,22,23,24,25)/t15-,16+/m0/s1. The lowest BCUT2D eigenvalue weighted by atomic mass is 10.1. The number of aliphatic hydroxyl groups excluding tert-OH is 1. The van der Waals surface area contributed by atoms with Crippen LogP contribution in [0.25, 0.3) is 10.8 Å². The molecule has 7 heteroatoms. The summed E-state index contributed by atoms with van der Waals surface area (Å²) in [5.74, 6) is 1.89. The summed E-state index contributed by atoms with van der Waals surface area (Å²) in [4.78, 5) is 22.0. The third-order valence-corrected chi connectivity index (χ3v) is 5.22. The molecule has 0 spiro atoms. The fraction of sp³-hybridized carbons (Fsp3) is 0.381. The molecule has 0 unspecified atom stereocenters. The molecule has 3 heterocycles. The molecular formula is C21H25N5O2. The van der Waals surface area contributed by atoms with Crippen molar-refractivity contribution in [3.05, 3.63) is 52.6 Å². The van der Waals surface area contributed by atoms with E-state index in [0.717, 1.165) is 23.8 Å². The molecule has 0 saturated heterocycles. The summed E-state index contributed by atoms with van der Waals surface area (Å²) in [6.07, 6.45) is 5.54. The number of aliphatic hydroxyl groups is 1. The molecule has 1 saturated carbocycles. The van der Waals surface area contributed by atoms with Crippen LogP contribution < -0.4 is 16.2 Å². The van der Waals surface area contributed by atoms with Gasteiger partial charge in [-0.2, -0.15) is 0 Å². The SMILES string of the molecule is CCn1ccc2cc(Nc3cc(C)ccn3)nc(N[C@H]3CC[C@@H](O)C3)c2c1=O. The maximum absolute atomic E-state index is 12.9. The Morgan fingerprint density at radius 3 is 2.82 bits per heavy atom.